The van der Waals surface area contributed by atoms with Crippen LogP contribution in [0.25, 0.3) is 11.3 Å². The molecule has 1 fully saturated rings. The van der Waals surface area contributed by atoms with E-state index in [2.05, 4.69) is 120 Å². The molecule has 8 heteroatoms. The minimum atomic E-state index is -2.72. The summed E-state index contributed by atoms with van der Waals surface area (Å²) < 4.78 is 10.9. The molecule has 40 heavy (non-hydrogen) atoms. The summed E-state index contributed by atoms with van der Waals surface area (Å²) in [6.45, 7) is 6.88. The predicted molar refractivity (Wildman–Crippen MR) is 175 cm³/mol. The Morgan fingerprint density at radius 1 is 0.975 bits per heavy atom. The number of hydrogen-bond acceptors (Lipinski definition) is 3. The maximum Gasteiger partial charge on any atom is 0.355 e. The fraction of sp³-hybridized carbons (Fsp3) is 0.312. The van der Waals surface area contributed by atoms with Gasteiger partial charge in [0.25, 0.3) is 8.32 Å². The fourth-order valence-corrected chi connectivity index (χ4v) is 11.9. The zero-order valence-electron chi connectivity index (χ0n) is 23.0. The quantitative estimate of drug-likeness (QED) is 0.157. The molecule has 0 spiro atoms. The molecule has 2 atom stereocenters. The summed E-state index contributed by atoms with van der Waals surface area (Å²) in [5.41, 5.74) is 1.87. The van der Waals surface area contributed by atoms with E-state index in [9.17, 15) is 9.90 Å². The molecule has 208 valence electrons. The van der Waals surface area contributed by atoms with Crippen molar-refractivity contribution in [3.63, 3.8) is 0 Å². The third kappa shape index (κ3) is 5.60. The Bertz CT molecular complexity index is 1430. The van der Waals surface area contributed by atoms with E-state index in [0.717, 1.165) is 35.7 Å². The van der Waals surface area contributed by atoms with Crippen LogP contribution in [0.15, 0.2) is 89.4 Å². The second-order valence-electron chi connectivity index (χ2n) is 11.5. The highest BCUT2D eigenvalue weighted by Gasteiger charge is 2.52. The van der Waals surface area contributed by atoms with Crippen LogP contribution in [0.4, 0.5) is 0 Å². The topological polar surface area (TPSA) is 64.4 Å². The summed E-state index contributed by atoms with van der Waals surface area (Å²) in [5.74, 6) is -0.949. The van der Waals surface area contributed by atoms with E-state index >= 15 is 0 Å². The van der Waals surface area contributed by atoms with Crippen molar-refractivity contribution in [3.8, 4) is 11.3 Å². The number of carboxylic acids is 1. The van der Waals surface area contributed by atoms with Gasteiger partial charge in [-0.1, -0.05) is 109 Å². The van der Waals surface area contributed by atoms with Crippen molar-refractivity contribution < 1.29 is 14.3 Å². The van der Waals surface area contributed by atoms with Crippen LogP contribution >= 0.6 is 38.5 Å². The average Bonchev–Trinajstić information content (AvgIpc) is 3.30. The minimum absolute atomic E-state index is 0.00955. The smallest absolute Gasteiger partial charge is 0.355 e. The highest BCUT2D eigenvalue weighted by atomic mass is 127. The number of carbonyl (C=O) groups is 1. The number of aromatic nitrogens is 2. The lowest BCUT2D eigenvalue weighted by Gasteiger charge is -2.46. The van der Waals surface area contributed by atoms with Gasteiger partial charge in [-0.2, -0.15) is 5.10 Å². The third-order valence-corrected chi connectivity index (χ3v) is 14.5. The molecule has 0 bridgehead atoms. The van der Waals surface area contributed by atoms with Crippen molar-refractivity contribution in [1.82, 2.24) is 9.78 Å². The standard InChI is InChI=1S/C32H34BrIN2O3Si/c1-32(2,3)40(26-13-6-4-7-14-26,27-15-8-5-9-16-27)39-25-12-10-11-24(21-25)36-30(31(37)38)28(34)29(35-36)22-17-19-23(33)20-18-22/h4-9,13-20,24-25H,10-12,21H2,1-3H3,(H,37,38). The molecule has 0 aliphatic heterocycles. The lowest BCUT2D eigenvalue weighted by molar-refractivity contribution is 0.0663. The number of rotatable bonds is 7. The van der Waals surface area contributed by atoms with E-state index in [0.29, 0.717) is 9.26 Å². The molecular formula is C32H34BrIN2O3Si. The van der Waals surface area contributed by atoms with Gasteiger partial charge in [0.15, 0.2) is 5.69 Å². The number of nitrogens with zero attached hydrogens (tertiary/aromatic N) is 2. The molecule has 0 amide bonds. The molecule has 1 aromatic heterocycles. The molecule has 1 aliphatic carbocycles. The highest BCUT2D eigenvalue weighted by molar-refractivity contribution is 14.1. The fourth-order valence-electron chi connectivity index (χ4n) is 6.05. The molecule has 4 aromatic rings. The van der Waals surface area contributed by atoms with Gasteiger partial charge in [0.2, 0.25) is 0 Å². The van der Waals surface area contributed by atoms with Gasteiger partial charge in [-0.05, 0) is 75.8 Å². The Labute approximate surface area is 259 Å². The summed E-state index contributed by atoms with van der Waals surface area (Å²) >= 11 is 5.63. The van der Waals surface area contributed by atoms with Crippen molar-refractivity contribution in [2.24, 2.45) is 0 Å². The molecule has 1 heterocycles. The summed E-state index contributed by atoms with van der Waals surface area (Å²) in [6, 6.07) is 29.2. The Balaban J connectivity index is 1.54. The molecule has 1 aliphatic rings. The highest BCUT2D eigenvalue weighted by Crippen LogP contribution is 2.41. The molecule has 0 radical (unpaired) electrons. The molecule has 0 saturated heterocycles. The maximum atomic E-state index is 12.5. The van der Waals surface area contributed by atoms with Crippen LogP contribution in [0, 0.1) is 3.57 Å². The normalized spacial score (nSPS) is 18.0. The van der Waals surface area contributed by atoms with Crippen LogP contribution < -0.4 is 10.4 Å². The van der Waals surface area contributed by atoms with Crippen LogP contribution in [0.1, 0.15) is 63.0 Å². The Kier molecular flexibility index (Phi) is 8.71. The van der Waals surface area contributed by atoms with E-state index in [-0.39, 0.29) is 22.9 Å². The lowest BCUT2D eigenvalue weighted by atomic mass is 9.93. The van der Waals surface area contributed by atoms with Gasteiger partial charge < -0.3 is 9.53 Å². The lowest BCUT2D eigenvalue weighted by Crippen LogP contribution is -2.67. The number of hydrogen-bond donors (Lipinski definition) is 1. The number of benzene rings is 3. The van der Waals surface area contributed by atoms with Crippen LogP contribution in [0.5, 0.6) is 0 Å². The van der Waals surface area contributed by atoms with Crippen molar-refractivity contribution in [2.45, 2.75) is 63.6 Å². The van der Waals surface area contributed by atoms with E-state index in [1.165, 1.54) is 10.4 Å². The summed E-state index contributed by atoms with van der Waals surface area (Å²) in [6.07, 6.45) is 3.49. The molecule has 5 nitrogen and oxygen atoms in total. The number of aromatic carboxylic acids is 1. The Morgan fingerprint density at radius 2 is 1.55 bits per heavy atom. The average molecular weight is 730 g/mol. The number of carboxylic acid groups (broad SMARTS) is 1. The molecule has 5 rings (SSSR count). The second kappa shape index (κ2) is 11.9. The van der Waals surface area contributed by atoms with Crippen molar-refractivity contribution in [2.75, 3.05) is 0 Å². The van der Waals surface area contributed by atoms with Gasteiger partial charge in [0, 0.05) is 16.1 Å². The first-order chi connectivity index (χ1) is 19.1. The van der Waals surface area contributed by atoms with E-state index in [1.807, 2.05) is 24.3 Å². The van der Waals surface area contributed by atoms with Gasteiger partial charge >= 0.3 is 5.97 Å². The summed E-state index contributed by atoms with van der Waals surface area (Å²) in [4.78, 5) is 12.5. The molecule has 1 saturated carbocycles. The summed E-state index contributed by atoms with van der Waals surface area (Å²) in [5, 5.41) is 17.6. The summed E-state index contributed by atoms with van der Waals surface area (Å²) in [7, 11) is -2.72. The molecule has 3 aromatic carbocycles. The van der Waals surface area contributed by atoms with Crippen molar-refractivity contribution in [3.05, 3.63) is 98.7 Å². The van der Waals surface area contributed by atoms with Gasteiger partial charge in [-0.3, -0.25) is 4.68 Å². The zero-order chi connectivity index (χ0) is 28.5. The van der Waals surface area contributed by atoms with Crippen molar-refractivity contribution in [1.29, 1.82) is 0 Å². The minimum Gasteiger partial charge on any atom is -0.476 e. The van der Waals surface area contributed by atoms with Crippen LogP contribution in [0.3, 0.4) is 0 Å². The SMILES string of the molecule is CC(C)(C)[Si](OC1CCCC(n2nc(-c3ccc(Br)cc3)c(I)c2C(=O)O)C1)(c1ccccc1)c1ccccc1. The maximum absolute atomic E-state index is 12.5. The first kappa shape index (κ1) is 29.2. The second-order valence-corrected chi connectivity index (χ2v) is 17.7. The van der Waals surface area contributed by atoms with Crippen molar-refractivity contribution >= 4 is 63.2 Å². The molecule has 2 unspecified atom stereocenters. The van der Waals surface area contributed by atoms with E-state index in [1.54, 1.807) is 4.68 Å². The van der Waals surface area contributed by atoms with Crippen LogP contribution in [-0.2, 0) is 4.43 Å². The van der Waals surface area contributed by atoms with E-state index in [4.69, 9.17) is 9.52 Å². The van der Waals surface area contributed by atoms with Crippen LogP contribution in [-0.4, -0.2) is 35.3 Å². The van der Waals surface area contributed by atoms with E-state index < -0.39 is 14.3 Å². The van der Waals surface area contributed by atoms with Crippen LogP contribution in [0.2, 0.25) is 5.04 Å². The molecule has 1 N–H and O–H groups in total. The predicted octanol–water partition coefficient (Wildman–Crippen LogP) is 7.68. The largest absolute Gasteiger partial charge is 0.476 e. The zero-order valence-corrected chi connectivity index (χ0v) is 27.7. The number of halogens is 2. The van der Waals surface area contributed by atoms with Gasteiger partial charge in [-0.25, -0.2) is 4.79 Å². The Hall–Kier alpha value is -2.27. The first-order valence-corrected chi connectivity index (χ1v) is 17.5. The first-order valence-electron chi connectivity index (χ1n) is 13.7. The molecular weight excluding hydrogens is 695 g/mol. The van der Waals surface area contributed by atoms with Gasteiger partial charge in [-0.15, -0.1) is 0 Å². The van der Waals surface area contributed by atoms with Gasteiger partial charge in [0.1, 0.15) is 5.69 Å². The Morgan fingerprint density at radius 3 is 2.08 bits per heavy atom. The third-order valence-electron chi connectivity index (χ3n) is 7.88. The monoisotopic (exact) mass is 728 g/mol. The van der Waals surface area contributed by atoms with Gasteiger partial charge in [0.05, 0.1) is 9.61 Å².